The van der Waals surface area contributed by atoms with Crippen LogP contribution in [0.25, 0.3) is 95.3 Å². The van der Waals surface area contributed by atoms with Crippen LogP contribution >= 0.6 is 0 Å². The molecule has 9 aromatic heterocycles. The highest BCUT2D eigenvalue weighted by molar-refractivity contribution is 6.10. The third kappa shape index (κ3) is 7.81. The van der Waals surface area contributed by atoms with Crippen LogP contribution in [0.2, 0.25) is 0 Å². The third-order valence-corrected chi connectivity index (χ3v) is 27.6. The topological polar surface area (TPSA) is 130 Å². The molecular formula is C107H64N10O2. The molecule has 10 aromatic carbocycles. The van der Waals surface area contributed by atoms with E-state index in [9.17, 15) is 0 Å². The number of para-hydroxylation sites is 6. The highest BCUT2D eigenvalue weighted by Gasteiger charge is 2.60. The highest BCUT2D eigenvalue weighted by atomic mass is 16.5. The van der Waals surface area contributed by atoms with Crippen LogP contribution < -0.4 is 14.4 Å². The first-order valence-electron chi connectivity index (χ1n) is 40.7. The molecule has 3 aliphatic heterocycles. The van der Waals surface area contributed by atoms with Crippen molar-refractivity contribution in [1.82, 2.24) is 44.4 Å². The normalized spacial score (nSPS) is 17.2. The van der Waals surface area contributed by atoms with Gasteiger partial charge >= 0.3 is 0 Å². The average Bonchev–Trinajstić information content (AvgIpc) is 1.49. The van der Waals surface area contributed by atoms with Crippen molar-refractivity contribution in [3.8, 4) is 96.5 Å². The summed E-state index contributed by atoms with van der Waals surface area (Å²) in [5.41, 5.74) is 36.1. The fraction of sp³-hybridized carbons (Fsp3) is 0.0654. The highest BCUT2D eigenvalue weighted by Crippen LogP contribution is 2.71. The largest absolute Gasteiger partial charge is 0.457 e. The van der Waals surface area contributed by atoms with Gasteiger partial charge in [0.15, 0.2) is 0 Å². The van der Waals surface area contributed by atoms with Gasteiger partial charge < -0.3 is 18.9 Å². The maximum absolute atomic E-state index is 7.18. The first-order chi connectivity index (χ1) is 58.8. The van der Waals surface area contributed by atoms with Gasteiger partial charge in [0.05, 0.1) is 113 Å². The van der Waals surface area contributed by atoms with Gasteiger partial charge in [-0.1, -0.05) is 208 Å². The SMILES string of the molecule is CC1(C)c2ccccc2N(c2cnc3c(c2)C2(c4ccccc4Oc4cc5c(cc42)-c2ccccc2C52c4cccnc4-c4ncccc42)c2cccnc2-3)c2ccccc21.c1ccc2c(c1)Oc1cc3c(cc1C21c2cccnc2-c2ncc(-n4c5ccccc5c5ccccc54)cc21)-c1ccccc1C31c2cccnc2-c2ncccc21. The summed E-state index contributed by atoms with van der Waals surface area (Å²) in [6.07, 6.45) is 15.3. The first kappa shape index (κ1) is 64.9. The molecule has 0 fully saturated rings. The number of hydrogen-bond acceptors (Lipinski definition) is 11. The molecule has 2 unspecified atom stereocenters. The Hall–Kier alpha value is -15.4. The van der Waals surface area contributed by atoms with E-state index in [1.165, 1.54) is 66.4 Å². The molecule has 119 heavy (non-hydrogen) atoms. The van der Waals surface area contributed by atoms with Crippen molar-refractivity contribution in [1.29, 1.82) is 0 Å². The van der Waals surface area contributed by atoms with Gasteiger partial charge in [0.1, 0.15) is 23.0 Å². The van der Waals surface area contributed by atoms with Crippen LogP contribution in [0.3, 0.4) is 0 Å². The fourth-order valence-electron chi connectivity index (χ4n) is 23.1. The predicted octanol–water partition coefficient (Wildman–Crippen LogP) is 23.4. The Kier molecular flexibility index (Phi) is 12.5. The molecule has 12 heterocycles. The van der Waals surface area contributed by atoms with Crippen LogP contribution in [0.5, 0.6) is 23.0 Å². The second-order valence-corrected chi connectivity index (χ2v) is 33.0. The summed E-state index contributed by atoms with van der Waals surface area (Å²) < 4.78 is 16.7. The average molecular weight is 1520 g/mol. The van der Waals surface area contributed by atoms with E-state index in [0.29, 0.717) is 0 Å². The number of anilines is 3. The number of nitrogens with zero attached hydrogens (tertiary/aromatic N) is 10. The Morgan fingerprint density at radius 2 is 0.538 bits per heavy atom. The second-order valence-electron chi connectivity index (χ2n) is 33.0. The number of pyridine rings is 8. The minimum atomic E-state index is -0.797. The fourth-order valence-corrected chi connectivity index (χ4v) is 23.1. The molecular weight excluding hydrogens is 1460 g/mol. The Labute approximate surface area is 683 Å². The molecule has 19 aromatic rings. The molecule has 0 N–H and O–H groups in total. The third-order valence-electron chi connectivity index (χ3n) is 27.6. The molecule has 2 atom stereocenters. The molecule has 12 nitrogen and oxygen atoms in total. The van der Waals surface area contributed by atoms with Gasteiger partial charge in [0, 0.05) is 86.7 Å². The van der Waals surface area contributed by atoms with E-state index in [1.807, 2.05) is 61.7 Å². The number of hydrogen-bond donors (Lipinski definition) is 0. The van der Waals surface area contributed by atoms with Crippen molar-refractivity contribution >= 4 is 38.9 Å². The number of benzene rings is 10. The molecule has 0 bridgehead atoms. The monoisotopic (exact) mass is 1520 g/mol. The van der Waals surface area contributed by atoms with E-state index in [-0.39, 0.29) is 5.41 Å². The van der Waals surface area contributed by atoms with E-state index >= 15 is 0 Å². The summed E-state index contributed by atoms with van der Waals surface area (Å²) in [5.74, 6) is 3.27. The second kappa shape index (κ2) is 23.0. The molecule has 28 rings (SSSR count). The standard InChI is InChI=1S/C55H35N5O.C52H29N5O/c1-53(2)36-16-5-8-22-45(36)60(46-23-9-6-17-37(46)53)32-28-44-52(59-31-32)51-41(21-13-27-58-51)55(44)38-18-7-10-24-47(38)61-48-30-42-34(29-43(48)55)33-14-3-4-15-35(33)54(42)39-19-11-25-56-49(39)50-40(54)20-12-26-57-50;1-4-15-35-31(12-1)34-27-41-46(28-40(34)51(35)37-17-9-23-53-47(37)48-38(51)18-10-24-54-48)58-45-22-8-5-16-36(45)52(41)39-19-11-25-55-49(39)50-42(52)26-30(29-56-50)57-43-20-6-2-13-32(43)33-14-3-7-21-44(33)57/h3-31H,1-2H3;1-29H. The van der Waals surface area contributed by atoms with Gasteiger partial charge in [-0.15, -0.1) is 0 Å². The lowest BCUT2D eigenvalue weighted by Crippen LogP contribution is -2.33. The zero-order chi connectivity index (χ0) is 78.0. The van der Waals surface area contributed by atoms with Crippen LogP contribution in [0.4, 0.5) is 17.1 Å². The Morgan fingerprint density at radius 1 is 0.227 bits per heavy atom. The lowest BCUT2D eigenvalue weighted by molar-refractivity contribution is 0.435. The van der Waals surface area contributed by atoms with Crippen molar-refractivity contribution in [3.63, 3.8) is 0 Å². The van der Waals surface area contributed by atoms with Gasteiger partial charge in [-0.25, -0.2) is 0 Å². The quantitative estimate of drug-likeness (QED) is 0.164. The number of ether oxygens (including phenoxy) is 2. The summed E-state index contributed by atoms with van der Waals surface area (Å²) in [7, 11) is 0. The smallest absolute Gasteiger partial charge is 0.132 e. The van der Waals surface area contributed by atoms with E-state index in [0.717, 1.165) is 169 Å². The van der Waals surface area contributed by atoms with Crippen LogP contribution in [0.1, 0.15) is 114 Å². The molecule has 0 amide bonds. The predicted molar refractivity (Wildman–Crippen MR) is 464 cm³/mol. The van der Waals surface area contributed by atoms with E-state index < -0.39 is 21.7 Å². The maximum Gasteiger partial charge on any atom is 0.132 e. The zero-order valence-corrected chi connectivity index (χ0v) is 64.3. The van der Waals surface area contributed by atoms with Crippen molar-refractivity contribution in [2.45, 2.75) is 40.9 Å². The molecule has 12 heteroatoms. The lowest BCUT2D eigenvalue weighted by Gasteiger charge is -2.42. The number of rotatable bonds is 2. The molecule has 554 valence electrons. The van der Waals surface area contributed by atoms with Crippen molar-refractivity contribution in [3.05, 3.63) is 453 Å². The summed E-state index contributed by atoms with van der Waals surface area (Å²) >= 11 is 0. The van der Waals surface area contributed by atoms with Gasteiger partial charge in [-0.2, -0.15) is 0 Å². The Morgan fingerprint density at radius 3 is 0.950 bits per heavy atom. The molecule has 0 saturated carbocycles. The maximum atomic E-state index is 7.18. The summed E-state index contributed by atoms with van der Waals surface area (Å²) in [6.45, 7) is 4.65. The summed E-state index contributed by atoms with van der Waals surface area (Å²) in [4.78, 5) is 43.2. The van der Waals surface area contributed by atoms with Gasteiger partial charge in [0.25, 0.3) is 0 Å². The number of aromatic nitrogens is 9. The van der Waals surface area contributed by atoms with E-state index in [4.69, 9.17) is 49.3 Å². The van der Waals surface area contributed by atoms with Crippen LogP contribution in [-0.2, 0) is 27.1 Å². The van der Waals surface area contributed by atoms with Crippen molar-refractivity contribution in [2.75, 3.05) is 4.90 Å². The lowest BCUT2D eigenvalue weighted by atomic mass is 9.65. The van der Waals surface area contributed by atoms with Crippen LogP contribution in [0, 0.1) is 0 Å². The Balaban J connectivity index is 0.000000126. The van der Waals surface area contributed by atoms with Crippen LogP contribution in [0.15, 0.2) is 353 Å². The van der Waals surface area contributed by atoms with Gasteiger partial charge in [-0.3, -0.25) is 39.9 Å². The molecule has 0 radical (unpaired) electrons. The van der Waals surface area contributed by atoms with Crippen molar-refractivity contribution in [2.24, 2.45) is 0 Å². The van der Waals surface area contributed by atoms with Crippen molar-refractivity contribution < 1.29 is 9.47 Å². The zero-order valence-electron chi connectivity index (χ0n) is 64.3. The number of fused-ring (bicyclic) bond motifs is 43. The summed E-state index contributed by atoms with van der Waals surface area (Å²) in [5, 5.41) is 2.42. The van der Waals surface area contributed by atoms with E-state index in [2.05, 4.69) is 315 Å². The summed E-state index contributed by atoms with van der Waals surface area (Å²) in [6, 6.07) is 110. The Bertz CT molecular complexity index is 7620. The van der Waals surface area contributed by atoms with E-state index in [1.54, 1.807) is 0 Å². The molecule has 4 spiro atoms. The van der Waals surface area contributed by atoms with Gasteiger partial charge in [0.2, 0.25) is 0 Å². The first-order valence-corrected chi connectivity index (χ1v) is 40.7. The molecule has 6 aliphatic carbocycles. The molecule has 0 saturated heterocycles. The minimum Gasteiger partial charge on any atom is -0.457 e. The van der Waals surface area contributed by atoms with Gasteiger partial charge in [-0.05, 0) is 198 Å². The molecule has 9 aliphatic rings. The van der Waals surface area contributed by atoms with Crippen LogP contribution in [-0.4, -0.2) is 44.4 Å². The minimum absolute atomic E-state index is 0.186.